The minimum Gasteiger partial charge on any atom is -0.490 e. The molecule has 0 N–H and O–H groups in total. The highest BCUT2D eigenvalue weighted by Crippen LogP contribution is 2.33. The number of carbonyl (C=O) groups excluding carboxylic acids is 1. The number of benzene rings is 2. The molecule has 4 rings (SSSR count). The first-order valence-corrected chi connectivity index (χ1v) is 11.1. The van der Waals surface area contributed by atoms with Gasteiger partial charge in [-0.3, -0.25) is 4.79 Å². The molecule has 168 valence electrons. The van der Waals surface area contributed by atoms with Crippen molar-refractivity contribution in [2.24, 2.45) is 5.92 Å². The van der Waals surface area contributed by atoms with Gasteiger partial charge >= 0.3 is 0 Å². The smallest absolute Gasteiger partial charge is 0.260 e. The van der Waals surface area contributed by atoms with Crippen molar-refractivity contribution in [3.05, 3.63) is 48.0 Å². The van der Waals surface area contributed by atoms with Gasteiger partial charge in [0.05, 0.1) is 6.61 Å². The first-order chi connectivity index (χ1) is 15.5. The molecule has 2 aromatic carbocycles. The fraction of sp³-hybridized carbons (Fsp3) is 0.400. The van der Waals surface area contributed by atoms with E-state index in [0.29, 0.717) is 35.7 Å². The molecule has 1 fully saturated rings. The van der Waals surface area contributed by atoms with E-state index in [1.54, 1.807) is 6.07 Å². The molecule has 0 saturated carbocycles. The van der Waals surface area contributed by atoms with Crippen LogP contribution in [0.4, 0.5) is 0 Å². The lowest BCUT2D eigenvalue weighted by molar-refractivity contribution is -0.134. The Bertz CT molecular complexity index is 1050. The van der Waals surface area contributed by atoms with Crippen molar-refractivity contribution >= 4 is 5.91 Å². The number of hydrogen-bond acceptors (Lipinski definition) is 6. The molecule has 0 unspecified atom stereocenters. The molecule has 0 bridgehead atoms. The van der Waals surface area contributed by atoms with Crippen LogP contribution in [0, 0.1) is 12.8 Å². The fourth-order valence-electron chi connectivity index (χ4n) is 3.68. The lowest BCUT2D eigenvalue weighted by atomic mass is 9.99. The molecule has 3 aromatic rings. The van der Waals surface area contributed by atoms with Crippen LogP contribution in [0.25, 0.3) is 22.8 Å². The number of hydrogen-bond donors (Lipinski definition) is 0. The van der Waals surface area contributed by atoms with Crippen LogP contribution in [0.2, 0.25) is 0 Å². The summed E-state index contributed by atoms with van der Waals surface area (Å²) >= 11 is 0. The maximum atomic E-state index is 12.5. The predicted octanol–water partition coefficient (Wildman–Crippen LogP) is 4.75. The van der Waals surface area contributed by atoms with Crippen molar-refractivity contribution in [2.45, 2.75) is 33.6 Å². The molecule has 1 aliphatic heterocycles. The second-order valence-corrected chi connectivity index (χ2v) is 8.24. The van der Waals surface area contributed by atoms with E-state index in [0.717, 1.165) is 37.1 Å². The van der Waals surface area contributed by atoms with Gasteiger partial charge in [-0.15, -0.1) is 0 Å². The number of likely N-dealkylation sites (tertiary alicyclic amines) is 1. The standard InChI is InChI=1S/C25H29N3O4/c1-4-30-22-15-20(24-26-25(32-27-24)19-7-5-17(2)6-8-19)9-10-21(22)31-16-23(29)28-13-11-18(3)12-14-28/h5-10,15,18H,4,11-14,16H2,1-3H3. The number of amides is 1. The van der Waals surface area contributed by atoms with Crippen LogP contribution in [-0.4, -0.2) is 47.3 Å². The molecule has 7 heteroatoms. The Morgan fingerprint density at radius 3 is 2.50 bits per heavy atom. The summed E-state index contributed by atoms with van der Waals surface area (Å²) in [7, 11) is 0. The predicted molar refractivity (Wildman–Crippen MR) is 122 cm³/mol. The summed E-state index contributed by atoms with van der Waals surface area (Å²) < 4.78 is 17.0. The Kier molecular flexibility index (Phi) is 6.73. The average molecular weight is 436 g/mol. The summed E-state index contributed by atoms with van der Waals surface area (Å²) in [4.78, 5) is 18.9. The molecule has 1 saturated heterocycles. The van der Waals surface area contributed by atoms with Crippen LogP contribution in [0.3, 0.4) is 0 Å². The second-order valence-electron chi connectivity index (χ2n) is 8.24. The molecular weight excluding hydrogens is 406 g/mol. The average Bonchev–Trinajstić information content (AvgIpc) is 3.29. The van der Waals surface area contributed by atoms with Crippen molar-refractivity contribution in [2.75, 3.05) is 26.3 Å². The Morgan fingerprint density at radius 1 is 1.06 bits per heavy atom. The zero-order chi connectivity index (χ0) is 22.5. The van der Waals surface area contributed by atoms with Gasteiger partial charge in [0.1, 0.15) is 0 Å². The van der Waals surface area contributed by atoms with Gasteiger partial charge in [0.15, 0.2) is 18.1 Å². The number of aryl methyl sites for hydroxylation is 1. The monoisotopic (exact) mass is 435 g/mol. The van der Waals surface area contributed by atoms with E-state index in [2.05, 4.69) is 17.1 Å². The SMILES string of the molecule is CCOc1cc(-c2noc(-c3ccc(C)cc3)n2)ccc1OCC(=O)N1CCC(C)CC1. The lowest BCUT2D eigenvalue weighted by Crippen LogP contribution is -2.40. The molecule has 0 atom stereocenters. The van der Waals surface area contributed by atoms with E-state index in [1.165, 1.54) is 5.56 Å². The van der Waals surface area contributed by atoms with Gasteiger partial charge in [-0.2, -0.15) is 4.98 Å². The minimum absolute atomic E-state index is 0.00401. The molecule has 1 amide bonds. The van der Waals surface area contributed by atoms with E-state index in [4.69, 9.17) is 14.0 Å². The van der Waals surface area contributed by atoms with Gasteiger partial charge < -0.3 is 18.9 Å². The summed E-state index contributed by atoms with van der Waals surface area (Å²) in [6.07, 6.45) is 2.08. The maximum Gasteiger partial charge on any atom is 0.260 e. The third kappa shape index (κ3) is 5.10. The molecule has 7 nitrogen and oxygen atoms in total. The number of aromatic nitrogens is 2. The zero-order valence-electron chi connectivity index (χ0n) is 18.8. The van der Waals surface area contributed by atoms with Crippen LogP contribution >= 0.6 is 0 Å². The summed E-state index contributed by atoms with van der Waals surface area (Å²) in [6.45, 7) is 8.21. The minimum atomic E-state index is -0.00636. The van der Waals surface area contributed by atoms with Crippen LogP contribution in [-0.2, 0) is 4.79 Å². The fourth-order valence-corrected chi connectivity index (χ4v) is 3.68. The number of carbonyl (C=O) groups is 1. The van der Waals surface area contributed by atoms with E-state index in [9.17, 15) is 4.79 Å². The van der Waals surface area contributed by atoms with E-state index >= 15 is 0 Å². The third-order valence-corrected chi connectivity index (χ3v) is 5.71. The van der Waals surface area contributed by atoms with Gasteiger partial charge in [-0.05, 0) is 62.9 Å². The Balaban J connectivity index is 1.47. The van der Waals surface area contributed by atoms with E-state index < -0.39 is 0 Å². The van der Waals surface area contributed by atoms with Crippen LogP contribution in [0.15, 0.2) is 47.0 Å². The molecule has 0 radical (unpaired) electrons. The van der Waals surface area contributed by atoms with Crippen LogP contribution in [0.1, 0.15) is 32.3 Å². The number of rotatable bonds is 7. The molecule has 32 heavy (non-hydrogen) atoms. The van der Waals surface area contributed by atoms with Gasteiger partial charge in [-0.25, -0.2) is 0 Å². The second kappa shape index (κ2) is 9.85. The Labute approximate surface area is 188 Å². The summed E-state index contributed by atoms with van der Waals surface area (Å²) in [6, 6.07) is 13.4. The van der Waals surface area contributed by atoms with Crippen molar-refractivity contribution in [3.63, 3.8) is 0 Å². The molecule has 1 aliphatic rings. The number of ether oxygens (including phenoxy) is 2. The molecule has 0 aliphatic carbocycles. The van der Waals surface area contributed by atoms with E-state index in [-0.39, 0.29) is 12.5 Å². The summed E-state index contributed by atoms with van der Waals surface area (Å²) in [5.74, 6) is 2.67. The first-order valence-electron chi connectivity index (χ1n) is 11.1. The highest BCUT2D eigenvalue weighted by atomic mass is 16.5. The normalized spacial score (nSPS) is 14.4. The number of piperidine rings is 1. The summed E-state index contributed by atoms with van der Waals surface area (Å²) in [5.41, 5.74) is 2.78. The van der Waals surface area contributed by atoms with Gasteiger partial charge in [0.25, 0.3) is 11.8 Å². The zero-order valence-corrected chi connectivity index (χ0v) is 18.8. The third-order valence-electron chi connectivity index (χ3n) is 5.71. The van der Waals surface area contributed by atoms with Crippen molar-refractivity contribution in [3.8, 4) is 34.3 Å². The first kappa shape index (κ1) is 21.9. The topological polar surface area (TPSA) is 77.7 Å². The molecule has 0 spiro atoms. The maximum absolute atomic E-state index is 12.5. The Hall–Kier alpha value is -3.35. The molecular formula is C25H29N3O4. The quantitative estimate of drug-likeness (QED) is 0.533. The summed E-state index contributed by atoms with van der Waals surface area (Å²) in [5, 5.41) is 4.11. The van der Waals surface area contributed by atoms with Crippen LogP contribution < -0.4 is 9.47 Å². The van der Waals surface area contributed by atoms with Crippen molar-refractivity contribution < 1.29 is 18.8 Å². The van der Waals surface area contributed by atoms with Crippen LogP contribution in [0.5, 0.6) is 11.5 Å². The highest BCUT2D eigenvalue weighted by molar-refractivity contribution is 5.78. The van der Waals surface area contributed by atoms with Crippen molar-refractivity contribution in [1.29, 1.82) is 0 Å². The molecule has 2 heterocycles. The highest BCUT2D eigenvalue weighted by Gasteiger charge is 2.21. The molecule has 1 aromatic heterocycles. The Morgan fingerprint density at radius 2 is 1.78 bits per heavy atom. The van der Waals surface area contributed by atoms with E-state index in [1.807, 2.05) is 55.1 Å². The lowest BCUT2D eigenvalue weighted by Gasteiger charge is -2.30. The van der Waals surface area contributed by atoms with Gasteiger partial charge in [0.2, 0.25) is 5.82 Å². The van der Waals surface area contributed by atoms with Crippen molar-refractivity contribution in [1.82, 2.24) is 15.0 Å². The van der Waals surface area contributed by atoms with Gasteiger partial charge in [-0.1, -0.05) is 29.8 Å². The van der Waals surface area contributed by atoms with Gasteiger partial charge in [0, 0.05) is 24.2 Å². The number of nitrogens with zero attached hydrogens (tertiary/aromatic N) is 3. The largest absolute Gasteiger partial charge is 0.490 e.